The Morgan fingerprint density at radius 1 is 0.750 bits per heavy atom. The van der Waals surface area contributed by atoms with Gasteiger partial charge in [0.25, 0.3) is 11.8 Å². The molecule has 0 fully saturated rings. The van der Waals surface area contributed by atoms with E-state index < -0.39 is 24.4 Å². The van der Waals surface area contributed by atoms with Gasteiger partial charge >= 0.3 is 5.97 Å². The van der Waals surface area contributed by atoms with Crippen molar-refractivity contribution in [2.75, 3.05) is 60.8 Å². The van der Waals surface area contributed by atoms with Crippen molar-refractivity contribution in [1.29, 1.82) is 0 Å². The van der Waals surface area contributed by atoms with E-state index in [1.54, 1.807) is 32.4 Å². The molecule has 0 atom stereocenters. The molecule has 2 aromatic rings. The van der Waals surface area contributed by atoms with Crippen LogP contribution in [0.15, 0.2) is 36.4 Å². The molecule has 1 aliphatic heterocycles. The van der Waals surface area contributed by atoms with Gasteiger partial charge in [-0.25, -0.2) is 4.79 Å². The zero-order valence-electron chi connectivity index (χ0n) is 19.9. The van der Waals surface area contributed by atoms with Crippen molar-refractivity contribution < 1.29 is 52.3 Å². The van der Waals surface area contributed by atoms with E-state index in [4.69, 9.17) is 37.9 Å². The first-order valence-corrected chi connectivity index (χ1v) is 10.9. The molecular weight excluding hydrogens is 478 g/mol. The molecule has 2 amide bonds. The van der Waals surface area contributed by atoms with Gasteiger partial charge in [-0.05, 0) is 24.3 Å². The van der Waals surface area contributed by atoms with Gasteiger partial charge < -0.3 is 37.9 Å². The predicted octanol–water partition coefficient (Wildman–Crippen LogP) is 1.55. The van der Waals surface area contributed by atoms with E-state index in [1.165, 1.54) is 18.2 Å². The summed E-state index contributed by atoms with van der Waals surface area (Å²) < 4.78 is 42.6. The van der Waals surface area contributed by atoms with E-state index >= 15 is 0 Å². The van der Waals surface area contributed by atoms with E-state index in [1.807, 2.05) is 0 Å². The Balaban J connectivity index is 1.65. The van der Waals surface area contributed by atoms with E-state index in [9.17, 15) is 14.4 Å². The number of hydrogen-bond acceptors (Lipinski definition) is 11. The number of nitrogens with one attached hydrogen (secondary N) is 1. The smallest absolute Gasteiger partial charge is 0.349 e. The van der Waals surface area contributed by atoms with Gasteiger partial charge in [-0.1, -0.05) is 12.1 Å². The summed E-state index contributed by atoms with van der Waals surface area (Å²) in [5.41, 5.74) is 0.240. The second kappa shape index (κ2) is 14.0. The Labute approximate surface area is 207 Å². The van der Waals surface area contributed by atoms with E-state index in [2.05, 4.69) is 5.32 Å². The molecule has 12 nitrogen and oxygen atoms in total. The number of ether oxygens (including phenoxy) is 8. The van der Waals surface area contributed by atoms with Crippen LogP contribution in [0.1, 0.15) is 20.7 Å². The molecule has 0 spiro atoms. The van der Waals surface area contributed by atoms with Crippen molar-refractivity contribution in [3.63, 3.8) is 0 Å². The first kappa shape index (κ1) is 26.9. The number of rotatable bonds is 16. The maximum absolute atomic E-state index is 12.5. The summed E-state index contributed by atoms with van der Waals surface area (Å²) in [5.74, 6) is -1.40. The van der Waals surface area contributed by atoms with Crippen LogP contribution in [0, 0.1) is 0 Å². The number of hydrogen-bond donors (Lipinski definition) is 1. The third kappa shape index (κ3) is 7.39. The zero-order chi connectivity index (χ0) is 25.8. The number of amides is 2. The minimum absolute atomic E-state index is 0.0551. The molecule has 3 rings (SSSR count). The van der Waals surface area contributed by atoms with Crippen molar-refractivity contribution in [2.45, 2.75) is 0 Å². The third-order valence-electron chi connectivity index (χ3n) is 4.69. The van der Waals surface area contributed by atoms with Gasteiger partial charge in [-0.15, -0.1) is 0 Å². The van der Waals surface area contributed by atoms with Crippen LogP contribution in [0.2, 0.25) is 0 Å². The van der Waals surface area contributed by atoms with Gasteiger partial charge in [-0.2, -0.15) is 0 Å². The summed E-state index contributed by atoms with van der Waals surface area (Å²) in [6.07, 6.45) is 0. The molecule has 12 heteroatoms. The maximum atomic E-state index is 12.5. The van der Waals surface area contributed by atoms with E-state index in [-0.39, 0.29) is 47.7 Å². The highest BCUT2D eigenvalue weighted by Crippen LogP contribution is 2.37. The summed E-state index contributed by atoms with van der Waals surface area (Å²) in [4.78, 5) is 36.4. The van der Waals surface area contributed by atoms with Gasteiger partial charge in [-0.3, -0.25) is 14.9 Å². The van der Waals surface area contributed by atoms with Crippen molar-refractivity contribution >= 4 is 17.8 Å². The maximum Gasteiger partial charge on any atom is 0.349 e. The van der Waals surface area contributed by atoms with Gasteiger partial charge in [0.05, 0.1) is 37.6 Å². The molecule has 0 aliphatic carbocycles. The lowest BCUT2D eigenvalue weighted by Gasteiger charge is -2.16. The lowest BCUT2D eigenvalue weighted by atomic mass is 10.1. The topological polar surface area (TPSA) is 137 Å². The highest BCUT2D eigenvalue weighted by atomic mass is 16.7. The molecule has 1 N–H and O–H groups in total. The summed E-state index contributed by atoms with van der Waals surface area (Å²) in [6.45, 7) is 0.608. The fourth-order valence-electron chi connectivity index (χ4n) is 3.04. The summed E-state index contributed by atoms with van der Waals surface area (Å²) in [5, 5.41) is 2.18. The van der Waals surface area contributed by atoms with Crippen LogP contribution >= 0.6 is 0 Å². The van der Waals surface area contributed by atoms with Crippen LogP contribution in [0.4, 0.5) is 0 Å². The van der Waals surface area contributed by atoms with E-state index in [0.29, 0.717) is 26.4 Å². The predicted molar refractivity (Wildman–Crippen MR) is 122 cm³/mol. The molecule has 0 radical (unpaired) electrons. The number of methoxy groups -OCH3 is 2. The number of benzene rings is 2. The van der Waals surface area contributed by atoms with Gasteiger partial charge in [0, 0.05) is 14.2 Å². The number of carbonyl (C=O) groups is 3. The molecule has 1 aliphatic rings. The molecule has 0 aromatic heterocycles. The van der Waals surface area contributed by atoms with Gasteiger partial charge in [0.2, 0.25) is 5.75 Å². The second-order valence-electron chi connectivity index (χ2n) is 7.13. The first-order chi connectivity index (χ1) is 17.5. The third-order valence-corrected chi connectivity index (χ3v) is 4.69. The van der Waals surface area contributed by atoms with Crippen LogP contribution < -0.4 is 24.3 Å². The Bertz CT molecular complexity index is 1060. The lowest BCUT2D eigenvalue weighted by molar-refractivity contribution is -0.136. The molecule has 2 aromatic carbocycles. The summed E-state index contributed by atoms with van der Waals surface area (Å²) in [6, 6.07) is 9.24. The van der Waals surface area contributed by atoms with Gasteiger partial charge in [0.15, 0.2) is 31.7 Å². The molecule has 1 heterocycles. The minimum Gasteiger partial charge on any atom is -0.481 e. The Kier molecular flexibility index (Phi) is 10.5. The van der Waals surface area contributed by atoms with Crippen molar-refractivity contribution in [3.8, 4) is 23.0 Å². The summed E-state index contributed by atoms with van der Waals surface area (Å²) >= 11 is 0. The SMILES string of the molecule is COCCOCOc1cccc(OC(=O)COc2cccc3c2C(=O)NC3=O)c1OCOCCOC. The fraction of sp³-hybridized carbons (Fsp3) is 0.375. The van der Waals surface area contributed by atoms with Crippen molar-refractivity contribution in [2.24, 2.45) is 0 Å². The molecular formula is C24H27NO11. The molecule has 0 unspecified atom stereocenters. The summed E-state index contributed by atoms with van der Waals surface area (Å²) in [7, 11) is 3.10. The van der Waals surface area contributed by atoms with Crippen LogP contribution in [0.5, 0.6) is 23.0 Å². The Morgan fingerprint density at radius 2 is 1.39 bits per heavy atom. The quantitative estimate of drug-likeness (QED) is 0.117. The average Bonchev–Trinajstić information content (AvgIpc) is 3.17. The normalized spacial score (nSPS) is 12.2. The van der Waals surface area contributed by atoms with Crippen LogP contribution in [-0.2, 0) is 23.7 Å². The fourth-order valence-corrected chi connectivity index (χ4v) is 3.04. The highest BCUT2D eigenvalue weighted by Gasteiger charge is 2.30. The number of imide groups is 1. The average molecular weight is 505 g/mol. The van der Waals surface area contributed by atoms with Gasteiger partial charge in [0.1, 0.15) is 5.75 Å². The van der Waals surface area contributed by atoms with Crippen molar-refractivity contribution in [1.82, 2.24) is 5.32 Å². The van der Waals surface area contributed by atoms with Crippen LogP contribution in [0.3, 0.4) is 0 Å². The lowest BCUT2D eigenvalue weighted by Crippen LogP contribution is -2.21. The Morgan fingerprint density at radius 3 is 2.11 bits per heavy atom. The minimum atomic E-state index is -0.781. The van der Waals surface area contributed by atoms with E-state index in [0.717, 1.165) is 0 Å². The van der Waals surface area contributed by atoms with Crippen molar-refractivity contribution in [3.05, 3.63) is 47.5 Å². The first-order valence-electron chi connectivity index (χ1n) is 10.9. The molecule has 36 heavy (non-hydrogen) atoms. The molecule has 0 saturated heterocycles. The van der Waals surface area contributed by atoms with Crippen LogP contribution in [0.25, 0.3) is 0 Å². The number of esters is 1. The molecule has 0 saturated carbocycles. The highest BCUT2D eigenvalue weighted by molar-refractivity contribution is 6.22. The monoisotopic (exact) mass is 505 g/mol. The number of fused-ring (bicyclic) bond motifs is 1. The zero-order valence-corrected chi connectivity index (χ0v) is 19.9. The van der Waals surface area contributed by atoms with Crippen LogP contribution in [-0.4, -0.2) is 78.6 Å². The standard InChI is InChI=1S/C24H27NO11/c1-29-9-11-31-14-34-18-7-4-8-19(22(18)35-15-32-12-10-30-2)36-20(26)13-33-17-6-3-5-16-21(17)24(28)25-23(16)27/h3-8H,9-15H2,1-2H3,(H,25,27,28). The molecule has 194 valence electrons. The number of carbonyl (C=O) groups excluding carboxylic acids is 3. The largest absolute Gasteiger partial charge is 0.481 e. The molecule has 0 bridgehead atoms. The second-order valence-corrected chi connectivity index (χ2v) is 7.13. The Hall–Kier alpha value is -3.71. The number of para-hydroxylation sites is 1.